The molecule has 0 saturated carbocycles. The van der Waals surface area contributed by atoms with Crippen LogP contribution in [0.25, 0.3) is 0 Å². The van der Waals surface area contributed by atoms with Gasteiger partial charge in [0.1, 0.15) is 5.75 Å². The van der Waals surface area contributed by atoms with Crippen molar-refractivity contribution < 1.29 is 5.11 Å². The Morgan fingerprint density at radius 1 is 0.938 bits per heavy atom. The first-order valence-electron chi connectivity index (χ1n) is 5.06. The number of phenols is 1. The first-order valence-corrected chi connectivity index (χ1v) is 5.44. The van der Waals surface area contributed by atoms with E-state index in [0.717, 1.165) is 10.6 Å². The van der Waals surface area contributed by atoms with Gasteiger partial charge < -0.3 is 5.11 Å². The fraction of sp³-hybridized carbons (Fsp3) is 0.143. The molecular formula is C14H15ClO. The Morgan fingerprint density at radius 3 is 1.94 bits per heavy atom. The number of halogens is 1. The second-order valence-corrected chi connectivity index (χ2v) is 4.00. The van der Waals surface area contributed by atoms with Crippen molar-refractivity contribution in [1.29, 1.82) is 0 Å². The average Bonchev–Trinajstić information content (AvgIpc) is 2.26. The molecule has 0 aliphatic rings. The summed E-state index contributed by atoms with van der Waals surface area (Å²) < 4.78 is 0. The normalized spacial score (nSPS) is 9.19. The molecular weight excluding hydrogens is 220 g/mol. The van der Waals surface area contributed by atoms with Crippen molar-refractivity contribution in [2.75, 3.05) is 0 Å². The zero-order valence-electron chi connectivity index (χ0n) is 9.44. The van der Waals surface area contributed by atoms with Crippen molar-refractivity contribution in [2.24, 2.45) is 0 Å². The second-order valence-electron chi connectivity index (χ2n) is 3.59. The van der Waals surface area contributed by atoms with Gasteiger partial charge in [-0.15, -0.1) is 0 Å². The maximum absolute atomic E-state index is 8.63. The summed E-state index contributed by atoms with van der Waals surface area (Å²) in [6.45, 7) is 4.07. The average molecular weight is 235 g/mol. The van der Waals surface area contributed by atoms with Gasteiger partial charge in [0.15, 0.2) is 0 Å². The van der Waals surface area contributed by atoms with E-state index in [2.05, 4.69) is 13.0 Å². The summed E-state index contributed by atoms with van der Waals surface area (Å²) >= 11 is 5.78. The minimum absolute atomic E-state index is 0.322. The van der Waals surface area contributed by atoms with E-state index < -0.39 is 0 Å². The Labute approximate surface area is 101 Å². The SMILES string of the molecule is Cc1ccc(Cl)c(C)c1.Oc1ccccc1. The summed E-state index contributed by atoms with van der Waals surface area (Å²) in [6, 6.07) is 14.7. The summed E-state index contributed by atoms with van der Waals surface area (Å²) in [6.07, 6.45) is 0. The van der Waals surface area contributed by atoms with E-state index in [-0.39, 0.29) is 0 Å². The molecule has 84 valence electrons. The van der Waals surface area contributed by atoms with E-state index in [0.29, 0.717) is 5.75 Å². The lowest BCUT2D eigenvalue weighted by Gasteiger charge is -1.96. The van der Waals surface area contributed by atoms with Crippen LogP contribution in [0.3, 0.4) is 0 Å². The van der Waals surface area contributed by atoms with Crippen LogP contribution in [0.15, 0.2) is 48.5 Å². The third-order valence-corrected chi connectivity index (χ3v) is 2.49. The molecule has 2 aromatic carbocycles. The van der Waals surface area contributed by atoms with Crippen LogP contribution >= 0.6 is 11.6 Å². The van der Waals surface area contributed by atoms with E-state index >= 15 is 0 Å². The van der Waals surface area contributed by atoms with Gasteiger partial charge in [-0.1, -0.05) is 47.5 Å². The summed E-state index contributed by atoms with van der Waals surface area (Å²) in [5.74, 6) is 0.322. The van der Waals surface area contributed by atoms with Gasteiger partial charge in [-0.3, -0.25) is 0 Å². The van der Waals surface area contributed by atoms with Gasteiger partial charge in [-0.25, -0.2) is 0 Å². The van der Waals surface area contributed by atoms with Crippen LogP contribution in [-0.2, 0) is 0 Å². The van der Waals surface area contributed by atoms with E-state index in [9.17, 15) is 0 Å². The number of aryl methyl sites for hydroxylation is 2. The summed E-state index contributed by atoms with van der Waals surface area (Å²) in [5, 5.41) is 9.48. The number of rotatable bonds is 0. The molecule has 1 N–H and O–H groups in total. The lowest BCUT2D eigenvalue weighted by molar-refractivity contribution is 0.475. The van der Waals surface area contributed by atoms with Crippen LogP contribution in [0.2, 0.25) is 5.02 Å². The molecule has 0 amide bonds. The predicted molar refractivity (Wildman–Crippen MR) is 69.0 cm³/mol. The van der Waals surface area contributed by atoms with Crippen molar-refractivity contribution in [3.63, 3.8) is 0 Å². The maximum atomic E-state index is 8.63. The second kappa shape index (κ2) is 6.19. The van der Waals surface area contributed by atoms with Crippen LogP contribution in [0.4, 0.5) is 0 Å². The van der Waals surface area contributed by atoms with Gasteiger partial charge in [-0.05, 0) is 37.6 Å². The highest BCUT2D eigenvalue weighted by Gasteiger charge is 1.91. The van der Waals surface area contributed by atoms with Crippen LogP contribution in [-0.4, -0.2) is 5.11 Å². The molecule has 0 radical (unpaired) electrons. The quantitative estimate of drug-likeness (QED) is 0.719. The van der Waals surface area contributed by atoms with Crippen molar-refractivity contribution in [3.8, 4) is 5.75 Å². The zero-order valence-corrected chi connectivity index (χ0v) is 10.2. The summed E-state index contributed by atoms with van der Waals surface area (Å²) in [7, 11) is 0. The molecule has 0 saturated heterocycles. The minimum atomic E-state index is 0.322. The number of phenolic OH excluding ortho intramolecular Hbond substituents is 1. The van der Waals surface area contributed by atoms with Crippen LogP contribution in [0, 0.1) is 13.8 Å². The largest absolute Gasteiger partial charge is 0.508 e. The fourth-order valence-corrected chi connectivity index (χ4v) is 1.34. The first-order chi connectivity index (χ1) is 7.59. The molecule has 0 unspecified atom stereocenters. The molecule has 0 aliphatic carbocycles. The van der Waals surface area contributed by atoms with Crippen molar-refractivity contribution in [2.45, 2.75) is 13.8 Å². The lowest BCUT2D eigenvalue weighted by atomic mass is 10.2. The van der Waals surface area contributed by atoms with Crippen LogP contribution in [0.5, 0.6) is 5.75 Å². The van der Waals surface area contributed by atoms with Crippen molar-refractivity contribution in [1.82, 2.24) is 0 Å². The molecule has 0 atom stereocenters. The van der Waals surface area contributed by atoms with Gasteiger partial charge in [0.05, 0.1) is 0 Å². The Bertz CT molecular complexity index is 438. The van der Waals surface area contributed by atoms with Gasteiger partial charge in [0.2, 0.25) is 0 Å². The standard InChI is InChI=1S/C8H9Cl.C6H6O/c1-6-3-4-8(9)7(2)5-6;7-6-4-2-1-3-5-6/h3-5H,1-2H3;1-5,7H. The molecule has 0 aromatic heterocycles. The van der Waals surface area contributed by atoms with Crippen molar-refractivity contribution in [3.05, 3.63) is 64.7 Å². The van der Waals surface area contributed by atoms with Gasteiger partial charge in [0, 0.05) is 5.02 Å². The third kappa shape index (κ3) is 4.37. The number of hydrogen-bond donors (Lipinski definition) is 1. The first kappa shape index (κ1) is 12.6. The van der Waals surface area contributed by atoms with E-state index in [1.165, 1.54) is 5.56 Å². The van der Waals surface area contributed by atoms with E-state index in [4.69, 9.17) is 16.7 Å². The van der Waals surface area contributed by atoms with Crippen LogP contribution in [0.1, 0.15) is 11.1 Å². The molecule has 0 bridgehead atoms. The molecule has 2 aromatic rings. The summed E-state index contributed by atoms with van der Waals surface area (Å²) in [5.41, 5.74) is 2.41. The smallest absolute Gasteiger partial charge is 0.115 e. The molecule has 0 heterocycles. The zero-order chi connectivity index (χ0) is 12.0. The van der Waals surface area contributed by atoms with Gasteiger partial charge in [-0.2, -0.15) is 0 Å². The number of para-hydroxylation sites is 1. The van der Waals surface area contributed by atoms with Gasteiger partial charge >= 0.3 is 0 Å². The highest BCUT2D eigenvalue weighted by molar-refractivity contribution is 6.31. The monoisotopic (exact) mass is 234 g/mol. The fourth-order valence-electron chi connectivity index (χ4n) is 1.22. The Kier molecular flexibility index (Phi) is 4.87. The van der Waals surface area contributed by atoms with E-state index in [1.807, 2.05) is 25.1 Å². The van der Waals surface area contributed by atoms with Gasteiger partial charge in [0.25, 0.3) is 0 Å². The molecule has 2 rings (SSSR count). The Hall–Kier alpha value is -1.47. The molecule has 0 fully saturated rings. The number of benzene rings is 2. The highest BCUT2D eigenvalue weighted by Crippen LogP contribution is 2.14. The highest BCUT2D eigenvalue weighted by atomic mass is 35.5. The van der Waals surface area contributed by atoms with E-state index in [1.54, 1.807) is 24.3 Å². The molecule has 0 aliphatic heterocycles. The molecule has 0 spiro atoms. The topological polar surface area (TPSA) is 20.2 Å². The molecule has 1 nitrogen and oxygen atoms in total. The third-order valence-electron chi connectivity index (χ3n) is 2.07. The lowest BCUT2D eigenvalue weighted by Crippen LogP contribution is -1.75. The number of hydrogen-bond acceptors (Lipinski definition) is 1. The Morgan fingerprint density at radius 2 is 1.56 bits per heavy atom. The predicted octanol–water partition coefficient (Wildman–Crippen LogP) is 4.35. The van der Waals surface area contributed by atoms with Crippen LogP contribution < -0.4 is 0 Å². The van der Waals surface area contributed by atoms with Crippen molar-refractivity contribution >= 4 is 11.6 Å². The number of aromatic hydroxyl groups is 1. The molecule has 16 heavy (non-hydrogen) atoms. The molecule has 2 heteroatoms. The Balaban J connectivity index is 0.000000165. The maximum Gasteiger partial charge on any atom is 0.115 e. The minimum Gasteiger partial charge on any atom is -0.508 e. The summed E-state index contributed by atoms with van der Waals surface area (Å²) in [4.78, 5) is 0.